The molecule has 12 aliphatic carbocycles. The van der Waals surface area contributed by atoms with Gasteiger partial charge in [-0.05, 0) is 94.7 Å². The molecule has 0 bridgehead atoms. The molecule has 12 saturated carbocycles. The van der Waals surface area contributed by atoms with Crippen molar-refractivity contribution in [3.05, 3.63) is 0 Å². The molecule has 12 rings (SSSR count). The minimum atomic E-state index is -0.527. The molecule has 0 aromatic heterocycles. The first-order chi connectivity index (χ1) is 12.0. The van der Waals surface area contributed by atoms with Crippen LogP contribution in [0.25, 0.3) is 0 Å². The molecule has 12 fully saturated rings. The van der Waals surface area contributed by atoms with Crippen LogP contribution in [0.2, 0.25) is 0 Å². The first kappa shape index (κ1) is 12.1. The number of methoxy groups -OCH3 is 1. The number of aliphatic hydroxyl groups is 1. The average Bonchev–Trinajstić information content (AvgIpc) is 3.31. The van der Waals surface area contributed by atoms with E-state index in [9.17, 15) is 5.11 Å². The normalized spacial score (nSPS) is 101. The molecule has 0 spiro atoms. The van der Waals surface area contributed by atoms with Crippen molar-refractivity contribution >= 4 is 23.2 Å². The van der Waals surface area contributed by atoms with Crippen molar-refractivity contribution < 1.29 is 9.84 Å². The number of hydrogen-bond donors (Lipinski definition) is 1. The van der Waals surface area contributed by atoms with Crippen molar-refractivity contribution in [1.29, 1.82) is 0 Å². The van der Waals surface area contributed by atoms with E-state index in [1.807, 2.05) is 7.11 Å². The van der Waals surface area contributed by atoms with Crippen molar-refractivity contribution in [3.63, 3.8) is 0 Å². The summed E-state index contributed by atoms with van der Waals surface area (Å²) in [4.78, 5) is -0.339. The fraction of sp³-hybridized carbons (Fsp3) is 1.00. The third kappa shape index (κ3) is 0.555. The number of hydrogen-bond acceptors (Lipinski definition) is 2. The van der Waals surface area contributed by atoms with Gasteiger partial charge in [0.05, 0.1) is 21.0 Å². The van der Waals surface area contributed by atoms with Crippen LogP contribution in [0.5, 0.6) is 0 Å². The van der Waals surface area contributed by atoms with Gasteiger partial charge in [-0.1, -0.05) is 0 Å². The Morgan fingerprint density at radius 3 is 1.44 bits per heavy atom. The Balaban J connectivity index is 1.46. The number of rotatable bonds is 1. The second-order valence-electron chi connectivity index (χ2n) is 12.2. The van der Waals surface area contributed by atoms with E-state index in [0.29, 0.717) is 71.0 Å². The molecule has 0 radical (unpaired) electrons. The van der Waals surface area contributed by atoms with Crippen LogP contribution in [0.3, 0.4) is 0 Å². The molecule has 20 atom stereocenters. The topological polar surface area (TPSA) is 29.5 Å². The Hall–Kier alpha value is 0.500. The zero-order valence-electron chi connectivity index (χ0n) is 13.8. The van der Waals surface area contributed by atoms with Gasteiger partial charge >= 0.3 is 0 Å². The standard InChI is InChI=1S/C21H20Cl2O2/c1-25-21-16-6-4-10-2-3-11-5-7(13(3)19(21,23)12(2)6)17(21)9-8(16)14(4)20(24,15(5)9)18(10,11)22/h2-17,24H,1H3/t2-,3+,4+,5-,6-,7+,8+,9-,10-,11+,12+,13-,14-,15+,16+,17-,18?,19?,20?,21?. The highest BCUT2D eigenvalue weighted by atomic mass is 35.5. The summed E-state index contributed by atoms with van der Waals surface area (Å²) in [7, 11) is 1.99. The Bertz CT molecular complexity index is 852. The molecule has 12 aliphatic rings. The molecule has 130 valence electrons. The van der Waals surface area contributed by atoms with Crippen LogP contribution in [0.15, 0.2) is 0 Å². The first-order valence-electron chi connectivity index (χ1n) is 10.7. The fourth-order valence-corrected chi connectivity index (χ4v) is 17.4. The maximum Gasteiger partial charge on any atom is 0.0942 e. The van der Waals surface area contributed by atoms with Gasteiger partial charge in [-0.15, -0.1) is 23.2 Å². The van der Waals surface area contributed by atoms with E-state index in [2.05, 4.69) is 0 Å². The molecule has 4 unspecified atom stereocenters. The molecular weight excluding hydrogens is 355 g/mol. The van der Waals surface area contributed by atoms with Gasteiger partial charge in [-0.2, -0.15) is 0 Å². The lowest BCUT2D eigenvalue weighted by Gasteiger charge is -2.46. The largest absolute Gasteiger partial charge is 0.387 e. The van der Waals surface area contributed by atoms with Gasteiger partial charge in [0.2, 0.25) is 0 Å². The van der Waals surface area contributed by atoms with Crippen LogP contribution in [0.4, 0.5) is 0 Å². The van der Waals surface area contributed by atoms with E-state index in [0.717, 1.165) is 23.7 Å². The second-order valence-corrected chi connectivity index (χ2v) is 13.4. The summed E-state index contributed by atoms with van der Waals surface area (Å²) >= 11 is 15.5. The van der Waals surface area contributed by atoms with Gasteiger partial charge in [0.1, 0.15) is 0 Å². The molecule has 0 saturated heterocycles. The highest BCUT2D eigenvalue weighted by Crippen LogP contribution is 3.06. The molecular formula is C21H20Cl2O2. The lowest BCUT2D eigenvalue weighted by Crippen LogP contribution is -2.58. The zero-order chi connectivity index (χ0) is 15.9. The average molecular weight is 375 g/mol. The summed E-state index contributed by atoms with van der Waals surface area (Å²) in [5.41, 5.74) is -0.566. The minimum Gasteiger partial charge on any atom is -0.387 e. The third-order valence-corrected chi connectivity index (χ3v) is 15.5. The predicted octanol–water partition coefficient (Wildman–Crippen LogP) is 2.07. The van der Waals surface area contributed by atoms with Gasteiger partial charge in [0.25, 0.3) is 0 Å². The van der Waals surface area contributed by atoms with Crippen molar-refractivity contribution in [2.24, 2.45) is 94.7 Å². The Kier molecular flexibility index (Phi) is 1.22. The highest BCUT2D eigenvalue weighted by molar-refractivity contribution is 6.28. The maximum absolute atomic E-state index is 12.4. The van der Waals surface area contributed by atoms with Crippen molar-refractivity contribution in [3.8, 4) is 0 Å². The predicted molar refractivity (Wildman–Crippen MR) is 87.7 cm³/mol. The summed E-state index contributed by atoms with van der Waals surface area (Å²) in [6, 6.07) is 0. The molecule has 0 aliphatic heterocycles. The number of halogens is 2. The van der Waals surface area contributed by atoms with Crippen LogP contribution >= 0.6 is 23.2 Å². The monoisotopic (exact) mass is 374 g/mol. The molecule has 25 heavy (non-hydrogen) atoms. The highest BCUT2D eigenvalue weighted by Gasteiger charge is 3.10. The van der Waals surface area contributed by atoms with Gasteiger partial charge in [-0.3, -0.25) is 0 Å². The van der Waals surface area contributed by atoms with E-state index in [1.54, 1.807) is 0 Å². The maximum atomic E-state index is 12.4. The van der Waals surface area contributed by atoms with Crippen LogP contribution in [-0.4, -0.2) is 33.2 Å². The Morgan fingerprint density at radius 1 is 0.600 bits per heavy atom. The van der Waals surface area contributed by atoms with Gasteiger partial charge in [0, 0.05) is 7.11 Å². The smallest absolute Gasteiger partial charge is 0.0942 e. The van der Waals surface area contributed by atoms with Crippen LogP contribution in [-0.2, 0) is 4.74 Å². The molecule has 0 heterocycles. The summed E-state index contributed by atoms with van der Waals surface area (Å²) in [5, 5.41) is 12.4. The van der Waals surface area contributed by atoms with Gasteiger partial charge in [-0.25, -0.2) is 0 Å². The van der Waals surface area contributed by atoms with Gasteiger partial charge < -0.3 is 9.84 Å². The van der Waals surface area contributed by atoms with Gasteiger partial charge in [0.15, 0.2) is 0 Å². The molecule has 0 aromatic rings. The van der Waals surface area contributed by atoms with Crippen LogP contribution in [0, 0.1) is 94.7 Å². The fourth-order valence-electron chi connectivity index (χ4n) is 15.6. The van der Waals surface area contributed by atoms with Crippen molar-refractivity contribution in [2.45, 2.75) is 21.0 Å². The Morgan fingerprint density at radius 2 is 0.960 bits per heavy atom. The summed E-state index contributed by atoms with van der Waals surface area (Å²) in [6.45, 7) is 0. The summed E-state index contributed by atoms with van der Waals surface area (Å²) < 4.78 is 6.63. The van der Waals surface area contributed by atoms with E-state index >= 15 is 0 Å². The lowest BCUT2D eigenvalue weighted by atomic mass is 9.72. The minimum absolute atomic E-state index is 0.0392. The second kappa shape index (κ2) is 2.50. The third-order valence-electron chi connectivity index (χ3n) is 13.9. The van der Waals surface area contributed by atoms with Crippen LogP contribution in [0.1, 0.15) is 0 Å². The van der Waals surface area contributed by atoms with Crippen molar-refractivity contribution in [2.75, 3.05) is 7.11 Å². The molecule has 4 heteroatoms. The quantitative estimate of drug-likeness (QED) is 0.711. The molecule has 0 aromatic carbocycles. The molecule has 0 amide bonds. The lowest BCUT2D eigenvalue weighted by molar-refractivity contribution is -0.0944. The van der Waals surface area contributed by atoms with Crippen molar-refractivity contribution in [1.82, 2.24) is 0 Å². The summed E-state index contributed by atoms with van der Waals surface area (Å²) in [6.07, 6.45) is 0. The van der Waals surface area contributed by atoms with Crippen LogP contribution < -0.4 is 0 Å². The summed E-state index contributed by atoms with van der Waals surface area (Å²) in [5.74, 6) is 10.4. The zero-order valence-corrected chi connectivity index (χ0v) is 15.4. The van der Waals surface area contributed by atoms with E-state index < -0.39 is 5.60 Å². The molecule has 2 nitrogen and oxygen atoms in total. The molecule has 1 N–H and O–H groups in total. The number of ether oxygens (including phenoxy) is 1. The van der Waals surface area contributed by atoms with E-state index in [4.69, 9.17) is 27.9 Å². The Labute approximate surface area is 155 Å². The van der Waals surface area contributed by atoms with E-state index in [1.165, 1.54) is 0 Å². The SMILES string of the molecule is COC12[C@H]3[C@@H]4[C@@H]5[C@@H]6[C@@H]3[C@@H]3[C@@H]7[C@@H]8[C@@H]([C@H]9[C@H]%10[C@H]([C@H]5C(Cl)([C@H]8%10)C76O)[C@@H]4C91Cl)[C@H]32. The van der Waals surface area contributed by atoms with E-state index in [-0.39, 0.29) is 15.3 Å². The first-order valence-corrected chi connectivity index (χ1v) is 11.4. The number of alkyl halides is 2.